The highest BCUT2D eigenvalue weighted by molar-refractivity contribution is 5.93. The number of imidazole rings is 1. The van der Waals surface area contributed by atoms with Gasteiger partial charge in [0, 0.05) is 36.2 Å². The predicted molar refractivity (Wildman–Crippen MR) is 177 cm³/mol. The minimum Gasteiger partial charge on any atom is -0.444 e. The van der Waals surface area contributed by atoms with Crippen molar-refractivity contribution < 1.29 is 36.6 Å². The lowest BCUT2D eigenvalue weighted by atomic mass is 9.91. The maximum Gasteiger partial charge on any atom is 0.419 e. The molecule has 1 aromatic carbocycles. The zero-order valence-corrected chi connectivity index (χ0v) is 28.7. The molecule has 0 aliphatic carbocycles. The number of hydrogen-bond donors (Lipinski definition) is 2. The van der Waals surface area contributed by atoms with E-state index in [-0.39, 0.29) is 41.3 Å². The SMILES string of the molecule is CC(C)(C)OC(=O)Nc1ncnc2c1ncn2Cc1c(N2CCC(CCc3ccccn3)(NC(=O)OC(C)(C)C)C2)ccc(F)c1C(F)(F)F. The molecule has 268 valence electrons. The van der Waals surface area contributed by atoms with Gasteiger partial charge in [-0.2, -0.15) is 13.2 Å². The summed E-state index contributed by atoms with van der Waals surface area (Å²) >= 11 is 0. The number of carbonyl (C=O) groups is 2. The number of alkyl halides is 3. The molecule has 1 saturated heterocycles. The average molecular weight is 701 g/mol. The molecule has 0 spiro atoms. The van der Waals surface area contributed by atoms with Gasteiger partial charge in [0.25, 0.3) is 0 Å². The third-order valence-corrected chi connectivity index (χ3v) is 7.92. The van der Waals surface area contributed by atoms with Crippen molar-refractivity contribution in [2.45, 2.75) is 90.3 Å². The van der Waals surface area contributed by atoms with Crippen LogP contribution in [-0.2, 0) is 28.6 Å². The van der Waals surface area contributed by atoms with Gasteiger partial charge in [-0.15, -0.1) is 0 Å². The van der Waals surface area contributed by atoms with Crippen LogP contribution >= 0.6 is 0 Å². The Morgan fingerprint density at radius 1 is 0.940 bits per heavy atom. The van der Waals surface area contributed by atoms with Gasteiger partial charge in [-0.05, 0) is 85.1 Å². The van der Waals surface area contributed by atoms with E-state index in [1.165, 1.54) is 17.0 Å². The second kappa shape index (κ2) is 13.7. The number of fused-ring (bicyclic) bond motifs is 1. The number of pyridine rings is 1. The van der Waals surface area contributed by atoms with E-state index in [1.807, 2.05) is 12.1 Å². The number of nitrogens with one attached hydrogen (secondary N) is 2. The molecule has 3 aromatic heterocycles. The second-order valence-corrected chi connectivity index (χ2v) is 14.2. The summed E-state index contributed by atoms with van der Waals surface area (Å²) in [5, 5.41) is 5.49. The molecule has 2 amide bonds. The zero-order chi connectivity index (χ0) is 36.5. The number of anilines is 2. The van der Waals surface area contributed by atoms with Crippen LogP contribution in [0.5, 0.6) is 0 Å². The van der Waals surface area contributed by atoms with Gasteiger partial charge < -0.3 is 24.3 Å². The van der Waals surface area contributed by atoms with Gasteiger partial charge in [0.1, 0.15) is 23.3 Å². The molecule has 50 heavy (non-hydrogen) atoms. The van der Waals surface area contributed by atoms with E-state index < -0.39 is 53.0 Å². The molecule has 0 bridgehead atoms. The molecule has 0 radical (unpaired) electrons. The van der Waals surface area contributed by atoms with Crippen LogP contribution in [0.3, 0.4) is 0 Å². The van der Waals surface area contributed by atoms with Crippen molar-refractivity contribution in [2.75, 3.05) is 23.3 Å². The second-order valence-electron chi connectivity index (χ2n) is 14.2. The Kier molecular flexibility index (Phi) is 9.94. The van der Waals surface area contributed by atoms with E-state index in [2.05, 4.69) is 30.6 Å². The fraction of sp³-hybridized carbons (Fsp3) is 0.471. The van der Waals surface area contributed by atoms with Gasteiger partial charge in [-0.3, -0.25) is 10.3 Å². The number of carbonyl (C=O) groups excluding carboxylic acids is 2. The number of alkyl carbamates (subject to hydrolysis) is 1. The Hall–Kier alpha value is -5.02. The molecular weight excluding hydrogens is 660 g/mol. The maximum absolute atomic E-state index is 15.2. The molecule has 12 nitrogen and oxygen atoms in total. The van der Waals surface area contributed by atoms with Crippen molar-refractivity contribution >= 4 is 34.9 Å². The van der Waals surface area contributed by atoms with Crippen molar-refractivity contribution in [3.8, 4) is 0 Å². The van der Waals surface area contributed by atoms with Crippen LogP contribution in [0, 0.1) is 5.82 Å². The van der Waals surface area contributed by atoms with Crippen LogP contribution in [0.15, 0.2) is 49.2 Å². The monoisotopic (exact) mass is 700 g/mol. The van der Waals surface area contributed by atoms with E-state index in [4.69, 9.17) is 9.47 Å². The number of rotatable bonds is 8. The molecule has 5 rings (SSSR count). The van der Waals surface area contributed by atoms with E-state index in [0.717, 1.165) is 18.1 Å². The topological polar surface area (TPSA) is 136 Å². The van der Waals surface area contributed by atoms with E-state index >= 15 is 4.39 Å². The van der Waals surface area contributed by atoms with Crippen LogP contribution in [0.25, 0.3) is 11.2 Å². The summed E-state index contributed by atoms with van der Waals surface area (Å²) in [4.78, 5) is 44.1. The van der Waals surface area contributed by atoms with Gasteiger partial charge in [0.2, 0.25) is 0 Å². The van der Waals surface area contributed by atoms with E-state index in [9.17, 15) is 22.8 Å². The summed E-state index contributed by atoms with van der Waals surface area (Å²) in [6, 6.07) is 7.61. The van der Waals surface area contributed by atoms with Crippen LogP contribution in [0.4, 0.5) is 38.7 Å². The molecule has 4 heterocycles. The highest BCUT2D eigenvalue weighted by Gasteiger charge is 2.43. The highest BCUT2D eigenvalue weighted by Crippen LogP contribution is 2.41. The number of halogens is 4. The van der Waals surface area contributed by atoms with Crippen molar-refractivity contribution in [1.29, 1.82) is 0 Å². The van der Waals surface area contributed by atoms with Crippen LogP contribution in [0.1, 0.15) is 71.2 Å². The number of hydrogen-bond acceptors (Lipinski definition) is 9. The standard InChI is InChI=1S/C34H40F4N8O4/c1-31(2,3)49-29(47)43-27-26-28(41-19-40-27)46(20-42-26)17-22-24(11-10-23(35)25(22)34(36,37)38)45-16-14-33(18-45,44-30(48)50-32(4,5)6)13-12-21-9-7-8-15-39-21/h7-11,15,19-20H,12-14,16-18H2,1-6H3,(H,44,48)(H,40,41,43,47). The maximum atomic E-state index is 15.2. The summed E-state index contributed by atoms with van der Waals surface area (Å²) < 4.78 is 71.1. The van der Waals surface area contributed by atoms with Gasteiger partial charge in [0.15, 0.2) is 17.0 Å². The summed E-state index contributed by atoms with van der Waals surface area (Å²) in [6.45, 7) is 10.2. The molecule has 1 atom stereocenters. The quantitative estimate of drug-likeness (QED) is 0.189. The Balaban J connectivity index is 1.51. The third-order valence-electron chi connectivity index (χ3n) is 7.92. The highest BCUT2D eigenvalue weighted by atomic mass is 19.4. The lowest BCUT2D eigenvalue weighted by Gasteiger charge is -2.33. The number of ether oxygens (including phenoxy) is 2. The number of amides is 2. The van der Waals surface area contributed by atoms with E-state index in [1.54, 1.807) is 58.7 Å². The first-order valence-corrected chi connectivity index (χ1v) is 16.0. The fourth-order valence-corrected chi connectivity index (χ4v) is 5.91. The van der Waals surface area contributed by atoms with Crippen molar-refractivity contribution in [2.24, 2.45) is 0 Å². The Bertz CT molecular complexity index is 1850. The smallest absolute Gasteiger partial charge is 0.419 e. The van der Waals surface area contributed by atoms with Crippen molar-refractivity contribution in [1.82, 2.24) is 29.8 Å². The molecule has 16 heteroatoms. The first kappa shape index (κ1) is 36.3. The summed E-state index contributed by atoms with van der Waals surface area (Å²) in [7, 11) is 0. The molecule has 1 aliphatic heterocycles. The van der Waals surface area contributed by atoms with Gasteiger partial charge in [0.05, 0.1) is 24.0 Å². The zero-order valence-electron chi connectivity index (χ0n) is 28.7. The number of nitrogens with zero attached hydrogens (tertiary/aromatic N) is 6. The largest absolute Gasteiger partial charge is 0.444 e. The lowest BCUT2D eigenvalue weighted by molar-refractivity contribution is -0.140. The number of aromatic nitrogens is 5. The minimum atomic E-state index is -5.05. The van der Waals surface area contributed by atoms with E-state index in [0.29, 0.717) is 19.3 Å². The molecule has 1 aliphatic rings. The first-order valence-electron chi connectivity index (χ1n) is 16.0. The van der Waals surface area contributed by atoms with Gasteiger partial charge >= 0.3 is 18.4 Å². The van der Waals surface area contributed by atoms with Gasteiger partial charge in [-0.1, -0.05) is 6.07 Å². The lowest BCUT2D eigenvalue weighted by Crippen LogP contribution is -2.52. The number of aryl methyl sites for hydroxylation is 1. The van der Waals surface area contributed by atoms with Crippen LogP contribution in [-0.4, -0.2) is 66.5 Å². The Labute approximate surface area is 286 Å². The normalized spacial score (nSPS) is 16.8. The summed E-state index contributed by atoms with van der Waals surface area (Å²) in [5.41, 5.74) is -3.14. The summed E-state index contributed by atoms with van der Waals surface area (Å²) in [5.74, 6) is -1.45. The Morgan fingerprint density at radius 3 is 2.32 bits per heavy atom. The molecule has 2 N–H and O–H groups in total. The van der Waals surface area contributed by atoms with Gasteiger partial charge in [-0.25, -0.2) is 28.9 Å². The first-order chi connectivity index (χ1) is 23.3. The summed E-state index contributed by atoms with van der Waals surface area (Å²) in [6.07, 6.45) is -1.20. The molecule has 1 fully saturated rings. The van der Waals surface area contributed by atoms with Crippen LogP contribution < -0.4 is 15.5 Å². The average Bonchev–Trinajstić information content (AvgIpc) is 3.59. The molecule has 1 unspecified atom stereocenters. The van der Waals surface area contributed by atoms with Crippen molar-refractivity contribution in [3.63, 3.8) is 0 Å². The molecule has 0 saturated carbocycles. The Morgan fingerprint density at radius 2 is 1.66 bits per heavy atom. The molecular formula is C34H40F4N8O4. The molecule has 4 aromatic rings. The van der Waals surface area contributed by atoms with Crippen LogP contribution in [0.2, 0.25) is 0 Å². The number of benzene rings is 1. The third kappa shape index (κ3) is 8.76. The fourth-order valence-electron chi connectivity index (χ4n) is 5.91. The predicted octanol–water partition coefficient (Wildman–Crippen LogP) is 6.88. The minimum absolute atomic E-state index is 0.0102. The van der Waals surface area contributed by atoms with Crippen molar-refractivity contribution in [3.05, 3.63) is 71.8 Å².